The standard InChI is InChI=1S/C17H17N9O5/c1-3-30-17(28)11(22-29)9(2)19-21-16(27)12-13(10-7-5-4-6-8-10)26(25-20-12)15-14(18)23-31-24-15/h4-8,29H,3H2,1-2H3,(H2,18,23)(H,21,27). The molecule has 0 aliphatic heterocycles. The third kappa shape index (κ3) is 4.36. The number of ether oxygens (including phenoxy) is 1. The van der Waals surface area contributed by atoms with Crippen LogP contribution in [0.1, 0.15) is 24.3 Å². The number of rotatable bonds is 7. The Kier molecular flexibility index (Phi) is 6.30. The first-order valence-electron chi connectivity index (χ1n) is 8.81. The fourth-order valence-corrected chi connectivity index (χ4v) is 2.48. The summed E-state index contributed by atoms with van der Waals surface area (Å²) in [6, 6.07) is 8.75. The number of nitrogen functional groups attached to an aromatic ring is 1. The molecule has 2 aromatic heterocycles. The summed E-state index contributed by atoms with van der Waals surface area (Å²) in [4.78, 5) is 24.5. The Hall–Kier alpha value is -4.62. The second-order valence-electron chi connectivity index (χ2n) is 5.84. The number of anilines is 1. The number of amides is 1. The van der Waals surface area contributed by atoms with E-state index in [0.717, 1.165) is 0 Å². The number of hydrogen-bond donors (Lipinski definition) is 3. The van der Waals surface area contributed by atoms with Crippen molar-refractivity contribution in [3.8, 4) is 17.1 Å². The van der Waals surface area contributed by atoms with Crippen LogP contribution >= 0.6 is 0 Å². The predicted octanol–water partition coefficient (Wildman–Crippen LogP) is 0.399. The van der Waals surface area contributed by atoms with E-state index < -0.39 is 17.6 Å². The van der Waals surface area contributed by atoms with Crippen molar-refractivity contribution in [2.24, 2.45) is 10.3 Å². The van der Waals surface area contributed by atoms with Gasteiger partial charge in [-0.25, -0.2) is 14.8 Å². The van der Waals surface area contributed by atoms with E-state index in [1.807, 2.05) is 0 Å². The summed E-state index contributed by atoms with van der Waals surface area (Å²) >= 11 is 0. The highest BCUT2D eigenvalue weighted by Gasteiger charge is 2.25. The minimum Gasteiger partial charge on any atom is -0.461 e. The molecule has 31 heavy (non-hydrogen) atoms. The van der Waals surface area contributed by atoms with Gasteiger partial charge in [-0.2, -0.15) is 9.78 Å². The monoisotopic (exact) mass is 427 g/mol. The number of nitrogens with two attached hydrogens (primary N) is 1. The van der Waals surface area contributed by atoms with Gasteiger partial charge in [-0.1, -0.05) is 40.7 Å². The Labute approximate surface area is 174 Å². The molecule has 2 heterocycles. The molecule has 0 saturated carbocycles. The van der Waals surface area contributed by atoms with Gasteiger partial charge in [-0.3, -0.25) is 4.79 Å². The minimum absolute atomic E-state index is 0.0436. The number of oxime groups is 1. The molecule has 0 radical (unpaired) electrons. The van der Waals surface area contributed by atoms with Crippen LogP contribution in [0.3, 0.4) is 0 Å². The summed E-state index contributed by atoms with van der Waals surface area (Å²) in [6.45, 7) is 3.01. The van der Waals surface area contributed by atoms with Gasteiger partial charge in [0.15, 0.2) is 5.69 Å². The largest absolute Gasteiger partial charge is 0.461 e. The van der Waals surface area contributed by atoms with Gasteiger partial charge in [0.2, 0.25) is 17.3 Å². The van der Waals surface area contributed by atoms with Crippen LogP contribution in [-0.2, 0) is 9.53 Å². The highest BCUT2D eigenvalue weighted by Crippen LogP contribution is 2.26. The molecule has 4 N–H and O–H groups in total. The number of benzene rings is 1. The quantitative estimate of drug-likeness (QED) is 0.205. The number of carbonyl (C=O) groups excluding carboxylic acids is 2. The highest BCUT2D eigenvalue weighted by molar-refractivity contribution is 6.65. The van der Waals surface area contributed by atoms with Crippen LogP contribution in [0.25, 0.3) is 17.1 Å². The van der Waals surface area contributed by atoms with Crippen molar-refractivity contribution in [1.29, 1.82) is 0 Å². The fourth-order valence-electron chi connectivity index (χ4n) is 2.48. The fraction of sp³-hybridized carbons (Fsp3) is 0.176. The van der Waals surface area contributed by atoms with Gasteiger partial charge in [-0.15, -0.1) is 5.10 Å². The summed E-state index contributed by atoms with van der Waals surface area (Å²) in [7, 11) is 0. The Morgan fingerprint density at radius 2 is 2.03 bits per heavy atom. The second-order valence-corrected chi connectivity index (χ2v) is 5.84. The zero-order valence-corrected chi connectivity index (χ0v) is 16.4. The number of carbonyl (C=O) groups is 2. The lowest BCUT2D eigenvalue weighted by atomic mass is 10.1. The lowest BCUT2D eigenvalue weighted by molar-refractivity contribution is -0.134. The van der Waals surface area contributed by atoms with Crippen LogP contribution in [0.15, 0.2) is 45.2 Å². The molecule has 0 unspecified atom stereocenters. The molecule has 0 fully saturated rings. The van der Waals surface area contributed by atoms with E-state index in [4.69, 9.17) is 15.7 Å². The van der Waals surface area contributed by atoms with Crippen LogP contribution in [0.5, 0.6) is 0 Å². The molecular formula is C17H17N9O5. The number of hydrogen-bond acceptors (Lipinski definition) is 12. The van der Waals surface area contributed by atoms with Crippen molar-refractivity contribution >= 4 is 29.1 Å². The summed E-state index contributed by atoms with van der Waals surface area (Å²) in [5.41, 5.74) is 8.13. The molecule has 1 aromatic carbocycles. The Morgan fingerprint density at radius 1 is 1.29 bits per heavy atom. The van der Waals surface area contributed by atoms with Crippen molar-refractivity contribution in [3.63, 3.8) is 0 Å². The average Bonchev–Trinajstić information content (AvgIpc) is 3.39. The van der Waals surface area contributed by atoms with Crippen LogP contribution in [0.4, 0.5) is 5.82 Å². The first-order chi connectivity index (χ1) is 15.0. The lowest BCUT2D eigenvalue weighted by Gasteiger charge is -2.06. The van der Waals surface area contributed by atoms with Crippen molar-refractivity contribution < 1.29 is 24.2 Å². The lowest BCUT2D eigenvalue weighted by Crippen LogP contribution is -2.28. The Bertz CT molecular complexity index is 1150. The molecule has 0 bridgehead atoms. The van der Waals surface area contributed by atoms with Crippen molar-refractivity contribution in [2.45, 2.75) is 13.8 Å². The average molecular weight is 427 g/mol. The molecular weight excluding hydrogens is 410 g/mol. The number of nitrogens with zero attached hydrogens (tertiary/aromatic N) is 7. The Balaban J connectivity index is 1.96. The van der Waals surface area contributed by atoms with Gasteiger partial charge in [0.05, 0.1) is 12.3 Å². The number of aromatic nitrogens is 5. The maximum Gasteiger partial charge on any atom is 0.362 e. The molecule has 0 atom stereocenters. The zero-order chi connectivity index (χ0) is 22.4. The van der Waals surface area contributed by atoms with Crippen LogP contribution in [0, 0.1) is 0 Å². The van der Waals surface area contributed by atoms with E-state index in [2.05, 4.69) is 40.9 Å². The summed E-state index contributed by atoms with van der Waals surface area (Å²) in [5, 5.41) is 30.7. The van der Waals surface area contributed by atoms with E-state index in [1.165, 1.54) is 11.6 Å². The molecule has 0 spiro atoms. The number of nitrogens with one attached hydrogen (secondary N) is 1. The normalized spacial score (nSPS) is 11.9. The molecule has 3 rings (SSSR count). The van der Waals surface area contributed by atoms with Gasteiger partial charge in [0.25, 0.3) is 5.91 Å². The molecule has 1 amide bonds. The maximum atomic E-state index is 12.8. The third-order valence-electron chi connectivity index (χ3n) is 3.87. The molecule has 0 aliphatic rings. The molecule has 14 heteroatoms. The van der Waals surface area contributed by atoms with Gasteiger partial charge in [0, 0.05) is 5.56 Å². The third-order valence-corrected chi connectivity index (χ3v) is 3.87. The zero-order valence-electron chi connectivity index (χ0n) is 16.4. The number of esters is 1. The van der Waals surface area contributed by atoms with Crippen LogP contribution in [-0.4, -0.2) is 60.4 Å². The van der Waals surface area contributed by atoms with E-state index in [-0.39, 0.29) is 35.3 Å². The van der Waals surface area contributed by atoms with Crippen molar-refractivity contribution in [3.05, 3.63) is 36.0 Å². The van der Waals surface area contributed by atoms with Crippen LogP contribution in [0.2, 0.25) is 0 Å². The molecule has 0 saturated heterocycles. The van der Waals surface area contributed by atoms with Crippen LogP contribution < -0.4 is 11.2 Å². The van der Waals surface area contributed by atoms with E-state index >= 15 is 0 Å². The molecule has 3 aromatic rings. The second kappa shape index (κ2) is 9.25. The maximum absolute atomic E-state index is 12.8. The highest BCUT2D eigenvalue weighted by atomic mass is 16.6. The van der Waals surface area contributed by atoms with E-state index in [1.54, 1.807) is 37.3 Å². The predicted molar refractivity (Wildman–Crippen MR) is 105 cm³/mol. The smallest absolute Gasteiger partial charge is 0.362 e. The van der Waals surface area contributed by atoms with E-state index in [0.29, 0.717) is 5.56 Å². The van der Waals surface area contributed by atoms with Gasteiger partial charge < -0.3 is 15.7 Å². The molecule has 0 aliphatic carbocycles. The SMILES string of the molecule is CCOC(=O)C(=NO)C(C)=NNC(=O)c1nnn(-c2nonc2N)c1-c1ccccc1. The van der Waals surface area contributed by atoms with Gasteiger partial charge in [0.1, 0.15) is 5.69 Å². The first kappa shape index (κ1) is 21.1. The topological polar surface area (TPSA) is 196 Å². The van der Waals surface area contributed by atoms with E-state index in [9.17, 15) is 9.59 Å². The van der Waals surface area contributed by atoms with Crippen molar-refractivity contribution in [2.75, 3.05) is 12.3 Å². The Morgan fingerprint density at radius 3 is 2.65 bits per heavy atom. The minimum atomic E-state index is -0.898. The van der Waals surface area contributed by atoms with Crippen molar-refractivity contribution in [1.82, 2.24) is 30.7 Å². The number of hydrazone groups is 1. The summed E-state index contributed by atoms with van der Waals surface area (Å²) in [6.07, 6.45) is 0. The summed E-state index contributed by atoms with van der Waals surface area (Å²) in [5.74, 6) is -1.67. The molecule has 160 valence electrons. The summed E-state index contributed by atoms with van der Waals surface area (Å²) < 4.78 is 10.6. The van der Waals surface area contributed by atoms with Gasteiger partial charge >= 0.3 is 5.97 Å². The van der Waals surface area contributed by atoms with Gasteiger partial charge in [-0.05, 0) is 24.2 Å². The first-order valence-corrected chi connectivity index (χ1v) is 8.81. The molecule has 14 nitrogen and oxygen atoms in total.